The molecule has 0 saturated heterocycles. The van der Waals surface area contributed by atoms with E-state index in [0.29, 0.717) is 16.9 Å². The summed E-state index contributed by atoms with van der Waals surface area (Å²) in [6, 6.07) is 17.0. The number of carbonyl (C=O) groups excluding carboxylic acids is 1. The van der Waals surface area contributed by atoms with Crippen LogP contribution in [0.1, 0.15) is 21.5 Å². The predicted octanol–water partition coefficient (Wildman–Crippen LogP) is 2.99. The largest absolute Gasteiger partial charge is 0.383 e. The number of aromatic nitrogens is 2. The predicted molar refractivity (Wildman–Crippen MR) is 82.6 cm³/mol. The van der Waals surface area contributed by atoms with Crippen LogP contribution in [-0.2, 0) is 0 Å². The number of para-hydroxylation sites is 1. The van der Waals surface area contributed by atoms with Crippen LogP contribution in [0.4, 0.5) is 5.82 Å². The summed E-state index contributed by atoms with van der Waals surface area (Å²) in [7, 11) is 0. The van der Waals surface area contributed by atoms with E-state index in [2.05, 4.69) is 5.10 Å². The fraction of sp³-hybridized carbons (Fsp3) is 0.0588. The van der Waals surface area contributed by atoms with Gasteiger partial charge in [0, 0.05) is 5.56 Å². The van der Waals surface area contributed by atoms with E-state index < -0.39 is 0 Å². The highest BCUT2D eigenvalue weighted by molar-refractivity contribution is 6.11. The Bertz CT molecular complexity index is 791. The highest BCUT2D eigenvalue weighted by Gasteiger charge is 2.17. The summed E-state index contributed by atoms with van der Waals surface area (Å²) in [5.41, 5.74) is 9.00. The van der Waals surface area contributed by atoms with E-state index in [1.807, 2.05) is 55.5 Å². The van der Waals surface area contributed by atoms with Gasteiger partial charge < -0.3 is 5.73 Å². The second kappa shape index (κ2) is 5.25. The lowest BCUT2D eigenvalue weighted by Crippen LogP contribution is -2.07. The Balaban J connectivity index is 2.01. The van der Waals surface area contributed by atoms with E-state index in [1.165, 1.54) is 6.20 Å². The third-order valence-corrected chi connectivity index (χ3v) is 3.33. The number of rotatable bonds is 3. The number of carbonyl (C=O) groups is 1. The van der Waals surface area contributed by atoms with Crippen molar-refractivity contribution in [3.05, 3.63) is 77.5 Å². The Morgan fingerprint density at radius 2 is 1.86 bits per heavy atom. The molecule has 3 rings (SSSR count). The monoisotopic (exact) mass is 277 g/mol. The quantitative estimate of drug-likeness (QED) is 0.749. The first-order chi connectivity index (χ1) is 10.2. The summed E-state index contributed by atoms with van der Waals surface area (Å²) in [5.74, 6) is 0.242. The molecular weight excluding hydrogens is 262 g/mol. The maximum absolute atomic E-state index is 12.5. The lowest BCUT2D eigenvalue weighted by molar-refractivity contribution is 0.103. The van der Waals surface area contributed by atoms with Gasteiger partial charge in [-0.25, -0.2) is 4.68 Å². The summed E-state index contributed by atoms with van der Waals surface area (Å²) >= 11 is 0. The topological polar surface area (TPSA) is 60.9 Å². The maximum atomic E-state index is 12.5. The van der Waals surface area contributed by atoms with Crippen LogP contribution in [0.25, 0.3) is 5.69 Å². The van der Waals surface area contributed by atoms with Crippen LogP contribution >= 0.6 is 0 Å². The van der Waals surface area contributed by atoms with Crippen molar-refractivity contribution in [2.45, 2.75) is 6.92 Å². The molecule has 0 aliphatic rings. The lowest BCUT2D eigenvalue weighted by atomic mass is 10.0. The highest BCUT2D eigenvalue weighted by Crippen LogP contribution is 2.20. The highest BCUT2D eigenvalue weighted by atomic mass is 16.1. The van der Waals surface area contributed by atoms with Crippen LogP contribution in [0.15, 0.2) is 60.8 Å². The molecule has 0 amide bonds. The molecule has 0 bridgehead atoms. The minimum absolute atomic E-state index is 0.113. The Kier molecular flexibility index (Phi) is 3.28. The van der Waals surface area contributed by atoms with Crippen LogP contribution < -0.4 is 5.73 Å². The Morgan fingerprint density at radius 1 is 1.10 bits per heavy atom. The van der Waals surface area contributed by atoms with Gasteiger partial charge in [0.2, 0.25) is 0 Å². The molecular formula is C17H15N3O. The van der Waals surface area contributed by atoms with Gasteiger partial charge in [0.15, 0.2) is 5.78 Å². The van der Waals surface area contributed by atoms with Crippen molar-refractivity contribution < 1.29 is 4.79 Å². The summed E-state index contributed by atoms with van der Waals surface area (Å²) < 4.78 is 1.57. The van der Waals surface area contributed by atoms with Crippen LogP contribution in [-0.4, -0.2) is 15.6 Å². The average molecular weight is 277 g/mol. The molecule has 2 N–H and O–H groups in total. The molecule has 1 aromatic heterocycles. The number of hydrogen-bond acceptors (Lipinski definition) is 3. The van der Waals surface area contributed by atoms with Crippen molar-refractivity contribution in [3.8, 4) is 5.69 Å². The Morgan fingerprint density at radius 3 is 2.57 bits per heavy atom. The van der Waals surface area contributed by atoms with Crippen molar-refractivity contribution in [3.63, 3.8) is 0 Å². The molecule has 0 saturated carbocycles. The molecule has 0 radical (unpaired) electrons. The van der Waals surface area contributed by atoms with Gasteiger partial charge in [-0.15, -0.1) is 0 Å². The van der Waals surface area contributed by atoms with Gasteiger partial charge in [0.05, 0.1) is 17.4 Å². The first-order valence-electron chi connectivity index (χ1n) is 6.67. The van der Waals surface area contributed by atoms with Gasteiger partial charge in [0.1, 0.15) is 5.82 Å². The maximum Gasteiger partial charge on any atom is 0.198 e. The first-order valence-corrected chi connectivity index (χ1v) is 6.67. The standard InChI is InChI=1S/C17H15N3O/c1-12-6-5-7-13(10-12)16(21)15-11-19-20(17(15)18)14-8-3-2-4-9-14/h2-11H,18H2,1H3. The normalized spacial score (nSPS) is 10.5. The van der Waals surface area contributed by atoms with E-state index in [-0.39, 0.29) is 5.78 Å². The molecule has 4 nitrogen and oxygen atoms in total. The molecule has 21 heavy (non-hydrogen) atoms. The van der Waals surface area contributed by atoms with Gasteiger partial charge in [-0.2, -0.15) is 5.10 Å². The molecule has 2 aromatic carbocycles. The minimum Gasteiger partial charge on any atom is -0.383 e. The number of nitrogens with zero attached hydrogens (tertiary/aromatic N) is 2. The third-order valence-electron chi connectivity index (χ3n) is 3.33. The first kappa shape index (κ1) is 13.1. The van der Waals surface area contributed by atoms with Crippen LogP contribution in [0, 0.1) is 6.92 Å². The van der Waals surface area contributed by atoms with Crippen LogP contribution in [0.5, 0.6) is 0 Å². The average Bonchev–Trinajstić information content (AvgIpc) is 2.89. The lowest BCUT2D eigenvalue weighted by Gasteiger charge is -2.05. The van der Waals surface area contributed by atoms with Gasteiger partial charge in [0.25, 0.3) is 0 Å². The van der Waals surface area contributed by atoms with Crippen LogP contribution in [0.3, 0.4) is 0 Å². The SMILES string of the molecule is Cc1cccc(C(=O)c2cnn(-c3ccccc3)c2N)c1. The fourth-order valence-electron chi connectivity index (χ4n) is 2.25. The number of ketones is 1. The summed E-state index contributed by atoms with van der Waals surface area (Å²) in [4.78, 5) is 12.5. The van der Waals surface area contributed by atoms with Crippen LogP contribution in [0.2, 0.25) is 0 Å². The summed E-state index contributed by atoms with van der Waals surface area (Å²) in [6.07, 6.45) is 1.52. The second-order valence-electron chi connectivity index (χ2n) is 4.89. The number of hydrogen-bond donors (Lipinski definition) is 1. The van der Waals surface area contributed by atoms with Crippen molar-refractivity contribution in [2.75, 3.05) is 5.73 Å². The molecule has 0 unspecified atom stereocenters. The third kappa shape index (κ3) is 2.43. The van der Waals surface area contributed by atoms with Gasteiger partial charge in [-0.3, -0.25) is 4.79 Å². The van der Waals surface area contributed by atoms with Crippen molar-refractivity contribution >= 4 is 11.6 Å². The summed E-state index contributed by atoms with van der Waals surface area (Å²) in [6.45, 7) is 1.95. The van der Waals surface area contributed by atoms with E-state index in [4.69, 9.17) is 5.73 Å². The molecule has 0 atom stereocenters. The van der Waals surface area contributed by atoms with Gasteiger partial charge >= 0.3 is 0 Å². The number of benzene rings is 2. The molecule has 0 aliphatic heterocycles. The number of aryl methyl sites for hydroxylation is 1. The van der Waals surface area contributed by atoms with E-state index in [1.54, 1.807) is 10.7 Å². The zero-order chi connectivity index (χ0) is 14.8. The number of nitrogen functional groups attached to an aromatic ring is 1. The molecule has 3 aromatic rings. The molecule has 0 aliphatic carbocycles. The molecule has 1 heterocycles. The minimum atomic E-state index is -0.113. The van der Waals surface area contributed by atoms with Crippen molar-refractivity contribution in [1.82, 2.24) is 9.78 Å². The Labute approximate surface area is 122 Å². The van der Waals surface area contributed by atoms with Crippen molar-refractivity contribution in [1.29, 1.82) is 0 Å². The van der Waals surface area contributed by atoms with Gasteiger partial charge in [-0.05, 0) is 25.1 Å². The zero-order valence-corrected chi connectivity index (χ0v) is 11.7. The summed E-state index contributed by atoms with van der Waals surface area (Å²) in [5, 5.41) is 4.23. The smallest absolute Gasteiger partial charge is 0.198 e. The van der Waals surface area contributed by atoms with Crippen molar-refractivity contribution in [2.24, 2.45) is 0 Å². The second-order valence-corrected chi connectivity index (χ2v) is 4.89. The van der Waals surface area contributed by atoms with E-state index >= 15 is 0 Å². The molecule has 4 heteroatoms. The zero-order valence-electron chi connectivity index (χ0n) is 11.7. The molecule has 104 valence electrons. The van der Waals surface area contributed by atoms with E-state index in [0.717, 1.165) is 11.3 Å². The Hall–Kier alpha value is -2.88. The number of anilines is 1. The molecule has 0 spiro atoms. The molecule has 0 fully saturated rings. The van der Waals surface area contributed by atoms with Gasteiger partial charge in [-0.1, -0.05) is 42.0 Å². The fourth-order valence-corrected chi connectivity index (χ4v) is 2.25. The number of nitrogens with two attached hydrogens (primary N) is 1. The van der Waals surface area contributed by atoms with E-state index in [9.17, 15) is 4.79 Å².